The first-order valence-corrected chi connectivity index (χ1v) is 7.90. The highest BCUT2D eigenvalue weighted by Crippen LogP contribution is 2.12. The van der Waals surface area contributed by atoms with Crippen LogP contribution in [0.2, 0.25) is 0 Å². The summed E-state index contributed by atoms with van der Waals surface area (Å²) in [6.07, 6.45) is 0.513. The number of halogens is 1. The summed E-state index contributed by atoms with van der Waals surface area (Å²) in [6, 6.07) is 4.62. The van der Waals surface area contributed by atoms with Crippen molar-refractivity contribution in [3.63, 3.8) is 0 Å². The summed E-state index contributed by atoms with van der Waals surface area (Å²) < 4.78 is 14.0. The average Bonchev–Trinajstić information content (AvgIpc) is 2.46. The van der Waals surface area contributed by atoms with Gasteiger partial charge in [-0.15, -0.1) is 0 Å². The molecule has 0 saturated heterocycles. The third-order valence-corrected chi connectivity index (χ3v) is 3.62. The average molecular weight is 325 g/mol. The summed E-state index contributed by atoms with van der Waals surface area (Å²) >= 11 is 0. The van der Waals surface area contributed by atoms with Gasteiger partial charge in [0.05, 0.1) is 0 Å². The van der Waals surface area contributed by atoms with Gasteiger partial charge in [0.25, 0.3) is 0 Å². The van der Waals surface area contributed by atoms with Gasteiger partial charge >= 0.3 is 6.03 Å². The van der Waals surface area contributed by atoms with E-state index in [1.54, 1.807) is 6.07 Å². The van der Waals surface area contributed by atoms with Crippen molar-refractivity contribution in [3.8, 4) is 0 Å². The van der Waals surface area contributed by atoms with Crippen LogP contribution in [0, 0.1) is 11.7 Å². The molecule has 0 aliphatic rings. The summed E-state index contributed by atoms with van der Waals surface area (Å²) in [6.45, 7) is 4.80. The maximum atomic E-state index is 14.0. The Labute approximate surface area is 137 Å². The zero-order chi connectivity index (χ0) is 17.4. The van der Waals surface area contributed by atoms with E-state index in [-0.39, 0.29) is 37.0 Å². The Bertz CT molecular complexity index is 507. The molecule has 1 aromatic carbocycles. The minimum absolute atomic E-state index is 0.0294. The van der Waals surface area contributed by atoms with Crippen molar-refractivity contribution in [1.82, 2.24) is 15.5 Å². The van der Waals surface area contributed by atoms with E-state index in [0.717, 1.165) is 0 Å². The first-order valence-electron chi connectivity index (χ1n) is 7.90. The van der Waals surface area contributed by atoms with Crippen molar-refractivity contribution in [2.75, 3.05) is 20.7 Å². The SMILES string of the molecule is CC(C)C(CCO)NC(=O)NCc1ccc(CN(C)C)c(F)c1. The summed E-state index contributed by atoms with van der Waals surface area (Å²) in [7, 11) is 3.77. The molecule has 1 aromatic rings. The number of aliphatic hydroxyl groups is 1. The van der Waals surface area contributed by atoms with Crippen LogP contribution < -0.4 is 10.6 Å². The standard InChI is InChI=1S/C17H28FN3O2/c1-12(2)16(7-8-22)20-17(23)19-10-13-5-6-14(11-21(3)4)15(18)9-13/h5-6,9,12,16,22H,7-8,10-11H2,1-4H3,(H2,19,20,23). The number of hydrogen-bond acceptors (Lipinski definition) is 3. The van der Waals surface area contributed by atoms with E-state index in [0.29, 0.717) is 24.1 Å². The Morgan fingerprint density at radius 1 is 1.35 bits per heavy atom. The molecule has 0 radical (unpaired) electrons. The topological polar surface area (TPSA) is 64.6 Å². The molecule has 0 bridgehead atoms. The lowest BCUT2D eigenvalue weighted by Gasteiger charge is -2.21. The van der Waals surface area contributed by atoms with Crippen molar-refractivity contribution < 1.29 is 14.3 Å². The molecule has 0 aromatic heterocycles. The highest BCUT2D eigenvalue weighted by Gasteiger charge is 2.15. The lowest BCUT2D eigenvalue weighted by molar-refractivity contribution is 0.218. The Morgan fingerprint density at radius 2 is 2.04 bits per heavy atom. The molecule has 3 N–H and O–H groups in total. The molecule has 130 valence electrons. The largest absolute Gasteiger partial charge is 0.396 e. The Hall–Kier alpha value is -1.66. The van der Waals surface area contributed by atoms with E-state index in [1.165, 1.54) is 6.07 Å². The first kappa shape index (κ1) is 19.4. The molecule has 1 atom stereocenters. The summed E-state index contributed by atoms with van der Waals surface area (Å²) in [5.74, 6) is -0.0330. The number of urea groups is 1. The molecule has 0 heterocycles. The fraction of sp³-hybridized carbons (Fsp3) is 0.588. The number of carbonyl (C=O) groups is 1. The van der Waals surface area contributed by atoms with Crippen molar-refractivity contribution in [2.24, 2.45) is 5.92 Å². The van der Waals surface area contributed by atoms with Gasteiger partial charge in [0.1, 0.15) is 5.82 Å². The van der Waals surface area contributed by atoms with E-state index in [2.05, 4.69) is 10.6 Å². The molecule has 6 heteroatoms. The van der Waals surface area contributed by atoms with E-state index >= 15 is 0 Å². The van der Waals surface area contributed by atoms with Crippen molar-refractivity contribution >= 4 is 6.03 Å². The molecular formula is C17H28FN3O2. The zero-order valence-electron chi connectivity index (χ0n) is 14.4. The van der Waals surface area contributed by atoms with Crippen LogP contribution in [0.25, 0.3) is 0 Å². The van der Waals surface area contributed by atoms with Gasteiger partial charge in [0.15, 0.2) is 0 Å². The maximum absolute atomic E-state index is 14.0. The Morgan fingerprint density at radius 3 is 2.57 bits per heavy atom. The van der Waals surface area contributed by atoms with Gasteiger partial charge in [-0.1, -0.05) is 26.0 Å². The minimum Gasteiger partial charge on any atom is -0.396 e. The quantitative estimate of drug-likeness (QED) is 0.686. The van der Waals surface area contributed by atoms with Gasteiger partial charge in [-0.25, -0.2) is 9.18 Å². The van der Waals surface area contributed by atoms with Crippen molar-refractivity contribution in [3.05, 3.63) is 35.1 Å². The lowest BCUT2D eigenvalue weighted by atomic mass is 10.0. The van der Waals surface area contributed by atoms with Crippen molar-refractivity contribution in [2.45, 2.75) is 39.4 Å². The predicted molar refractivity (Wildman–Crippen MR) is 89.5 cm³/mol. The molecule has 1 rings (SSSR count). The number of nitrogens with zero attached hydrogens (tertiary/aromatic N) is 1. The highest BCUT2D eigenvalue weighted by atomic mass is 19.1. The molecule has 0 aliphatic heterocycles. The van der Waals surface area contributed by atoms with E-state index in [9.17, 15) is 9.18 Å². The zero-order valence-corrected chi connectivity index (χ0v) is 14.4. The fourth-order valence-electron chi connectivity index (χ4n) is 2.28. The molecule has 0 spiro atoms. The second-order valence-corrected chi connectivity index (χ2v) is 6.35. The smallest absolute Gasteiger partial charge is 0.315 e. The predicted octanol–water partition coefficient (Wildman–Crippen LogP) is 2.09. The van der Waals surface area contributed by atoms with Crippen LogP contribution in [-0.4, -0.2) is 42.8 Å². The monoisotopic (exact) mass is 325 g/mol. The highest BCUT2D eigenvalue weighted by molar-refractivity contribution is 5.74. The minimum atomic E-state index is -0.310. The van der Waals surface area contributed by atoms with Gasteiger partial charge in [-0.2, -0.15) is 0 Å². The van der Waals surface area contributed by atoms with Crippen LogP contribution in [0.3, 0.4) is 0 Å². The number of hydrogen-bond donors (Lipinski definition) is 3. The number of rotatable bonds is 8. The molecule has 5 nitrogen and oxygen atoms in total. The number of benzene rings is 1. The van der Waals surface area contributed by atoms with Crippen LogP contribution >= 0.6 is 0 Å². The normalized spacial score (nSPS) is 12.5. The summed E-state index contributed by atoms with van der Waals surface area (Å²) in [5.41, 5.74) is 1.34. The van der Waals surface area contributed by atoms with E-state index in [4.69, 9.17) is 5.11 Å². The number of aliphatic hydroxyl groups excluding tert-OH is 1. The first-order chi connectivity index (χ1) is 10.8. The van der Waals surface area contributed by atoms with E-state index in [1.807, 2.05) is 38.9 Å². The fourth-order valence-corrected chi connectivity index (χ4v) is 2.28. The van der Waals surface area contributed by atoms with Gasteiger partial charge < -0.3 is 20.6 Å². The van der Waals surface area contributed by atoms with Crippen LogP contribution in [0.5, 0.6) is 0 Å². The Balaban J connectivity index is 2.54. The Kier molecular flexibility index (Phi) is 7.98. The molecule has 2 amide bonds. The second kappa shape index (κ2) is 9.47. The molecule has 0 fully saturated rings. The van der Waals surface area contributed by atoms with Gasteiger partial charge in [0, 0.05) is 31.3 Å². The number of nitrogens with one attached hydrogen (secondary N) is 2. The van der Waals surface area contributed by atoms with E-state index < -0.39 is 0 Å². The van der Waals surface area contributed by atoms with Crippen molar-refractivity contribution in [1.29, 1.82) is 0 Å². The van der Waals surface area contributed by atoms with Crippen LogP contribution in [-0.2, 0) is 13.1 Å². The van der Waals surface area contributed by atoms with Crippen LogP contribution in [0.4, 0.5) is 9.18 Å². The number of amides is 2. The number of carbonyl (C=O) groups excluding carboxylic acids is 1. The van der Waals surface area contributed by atoms with Gasteiger partial charge in [-0.3, -0.25) is 0 Å². The van der Waals surface area contributed by atoms with Gasteiger partial charge in [-0.05, 0) is 38.1 Å². The lowest BCUT2D eigenvalue weighted by Crippen LogP contribution is -2.44. The molecule has 0 saturated carbocycles. The van der Waals surface area contributed by atoms with Crippen LogP contribution in [0.15, 0.2) is 18.2 Å². The summed E-state index contributed by atoms with van der Waals surface area (Å²) in [4.78, 5) is 13.8. The third-order valence-electron chi connectivity index (χ3n) is 3.62. The maximum Gasteiger partial charge on any atom is 0.315 e. The third kappa shape index (κ3) is 6.97. The molecule has 0 aliphatic carbocycles. The second-order valence-electron chi connectivity index (χ2n) is 6.35. The molecule has 1 unspecified atom stereocenters. The van der Waals surface area contributed by atoms with Gasteiger partial charge in [0.2, 0.25) is 0 Å². The summed E-state index contributed by atoms with van der Waals surface area (Å²) in [5, 5.41) is 14.6. The van der Waals surface area contributed by atoms with Crippen LogP contribution in [0.1, 0.15) is 31.4 Å². The molecule has 23 heavy (non-hydrogen) atoms. The molecular weight excluding hydrogens is 297 g/mol.